The fraction of sp³-hybridized carbons (Fsp3) is 0.500. The first kappa shape index (κ1) is 12.6. The lowest BCUT2D eigenvalue weighted by Gasteiger charge is -2.22. The summed E-state index contributed by atoms with van der Waals surface area (Å²) in [6, 6.07) is 0. The minimum atomic E-state index is -0.503. The summed E-state index contributed by atoms with van der Waals surface area (Å²) in [4.78, 5) is 21.4. The second kappa shape index (κ2) is 4.42. The smallest absolute Gasteiger partial charge is 0.225 e. The van der Waals surface area contributed by atoms with E-state index in [1.165, 1.54) is 0 Å². The molecule has 0 radical (unpaired) electrons. The summed E-state index contributed by atoms with van der Waals surface area (Å²) in [7, 11) is 0. The highest BCUT2D eigenvalue weighted by molar-refractivity contribution is 9.10. The number of hydrogen-bond donors (Lipinski definition) is 1. The number of aromatic nitrogens is 2. The molecule has 1 aromatic rings. The van der Waals surface area contributed by atoms with Gasteiger partial charge in [0, 0.05) is 19.3 Å². The molecule has 1 unspecified atom stereocenters. The molecule has 0 saturated carbocycles. The highest BCUT2D eigenvalue weighted by Gasteiger charge is 2.39. The predicted molar refractivity (Wildman–Crippen MR) is 68.9 cm³/mol. The number of anilines is 1. The molecule has 1 aliphatic rings. The van der Waals surface area contributed by atoms with Gasteiger partial charge in [0.2, 0.25) is 11.2 Å². The molecule has 2 N–H and O–H groups in total. The van der Waals surface area contributed by atoms with Crippen molar-refractivity contribution in [3.8, 4) is 0 Å². The van der Waals surface area contributed by atoms with Crippen LogP contribution in [0, 0.1) is 5.41 Å². The van der Waals surface area contributed by atoms with Crippen LogP contribution < -0.4 is 10.6 Å². The third-order valence-corrected chi connectivity index (χ3v) is 3.81. The Hall–Kier alpha value is -0.880. The number of primary amides is 1. The standard InChI is InChI=1S/C10H12BrClN4O/c1-10(8(13)17)2-3-16(5-10)7-6(11)4-14-9(12)15-7/h4H,2-3,5H2,1H3,(H2,13,17). The minimum Gasteiger partial charge on any atom is -0.369 e. The molecule has 1 atom stereocenters. The van der Waals surface area contributed by atoms with Gasteiger partial charge in [-0.3, -0.25) is 4.79 Å². The number of rotatable bonds is 2. The normalized spacial score (nSPS) is 24.1. The monoisotopic (exact) mass is 318 g/mol. The van der Waals surface area contributed by atoms with Crippen molar-refractivity contribution in [1.29, 1.82) is 0 Å². The van der Waals surface area contributed by atoms with Crippen LogP contribution in [0.15, 0.2) is 10.7 Å². The van der Waals surface area contributed by atoms with Gasteiger partial charge in [0.25, 0.3) is 0 Å². The number of halogens is 2. The van der Waals surface area contributed by atoms with Crippen LogP contribution in [0.2, 0.25) is 5.28 Å². The van der Waals surface area contributed by atoms with Gasteiger partial charge in [0.15, 0.2) is 0 Å². The maximum Gasteiger partial charge on any atom is 0.225 e. The van der Waals surface area contributed by atoms with Gasteiger partial charge < -0.3 is 10.6 Å². The second-order valence-electron chi connectivity index (χ2n) is 4.41. The van der Waals surface area contributed by atoms with Crippen molar-refractivity contribution in [1.82, 2.24) is 9.97 Å². The highest BCUT2D eigenvalue weighted by Crippen LogP contribution is 2.35. The van der Waals surface area contributed by atoms with Crippen LogP contribution in [-0.4, -0.2) is 29.0 Å². The fourth-order valence-corrected chi connectivity index (χ4v) is 2.47. The lowest BCUT2D eigenvalue weighted by Crippen LogP contribution is -2.37. The number of carbonyl (C=O) groups excluding carboxylic acids is 1. The number of amides is 1. The number of carbonyl (C=O) groups is 1. The number of nitrogens with zero attached hydrogens (tertiary/aromatic N) is 3. The van der Waals surface area contributed by atoms with Crippen molar-refractivity contribution in [2.24, 2.45) is 11.1 Å². The summed E-state index contributed by atoms with van der Waals surface area (Å²) in [5.41, 5.74) is 4.90. The molecule has 2 heterocycles. The molecule has 7 heteroatoms. The van der Waals surface area contributed by atoms with Crippen molar-refractivity contribution in [2.75, 3.05) is 18.0 Å². The molecule has 2 rings (SSSR count). The Balaban J connectivity index is 2.26. The van der Waals surface area contributed by atoms with Gasteiger partial charge in [-0.2, -0.15) is 4.98 Å². The van der Waals surface area contributed by atoms with E-state index >= 15 is 0 Å². The SMILES string of the molecule is CC1(C(N)=O)CCN(c2nc(Cl)ncc2Br)C1. The molecule has 1 amide bonds. The summed E-state index contributed by atoms with van der Waals surface area (Å²) in [5, 5.41) is 0.191. The Labute approximate surface area is 112 Å². The van der Waals surface area contributed by atoms with Gasteiger partial charge in [-0.15, -0.1) is 0 Å². The molecular formula is C10H12BrClN4O. The van der Waals surface area contributed by atoms with Gasteiger partial charge in [-0.1, -0.05) is 0 Å². The van der Waals surface area contributed by atoms with Crippen molar-refractivity contribution in [3.63, 3.8) is 0 Å². The maximum absolute atomic E-state index is 11.4. The van der Waals surface area contributed by atoms with Gasteiger partial charge in [-0.25, -0.2) is 4.98 Å². The van der Waals surface area contributed by atoms with E-state index in [0.717, 1.165) is 17.4 Å². The molecule has 0 aromatic carbocycles. The summed E-state index contributed by atoms with van der Waals surface area (Å²) < 4.78 is 0.760. The van der Waals surface area contributed by atoms with Crippen molar-refractivity contribution in [2.45, 2.75) is 13.3 Å². The molecular weight excluding hydrogens is 307 g/mol. The number of nitrogens with two attached hydrogens (primary N) is 1. The lowest BCUT2D eigenvalue weighted by molar-refractivity contribution is -0.125. The van der Waals surface area contributed by atoms with Gasteiger partial charge >= 0.3 is 0 Å². The summed E-state index contributed by atoms with van der Waals surface area (Å²) in [6.45, 7) is 3.14. The third kappa shape index (κ3) is 2.37. The van der Waals surface area contributed by atoms with Crippen LogP contribution in [-0.2, 0) is 4.79 Å². The summed E-state index contributed by atoms with van der Waals surface area (Å²) >= 11 is 9.14. The molecule has 1 aliphatic heterocycles. The van der Waals surface area contributed by atoms with E-state index in [0.29, 0.717) is 12.4 Å². The fourth-order valence-electron chi connectivity index (χ4n) is 1.90. The molecule has 5 nitrogen and oxygen atoms in total. The highest BCUT2D eigenvalue weighted by atomic mass is 79.9. The zero-order valence-electron chi connectivity index (χ0n) is 9.28. The Morgan fingerprint density at radius 2 is 2.41 bits per heavy atom. The van der Waals surface area contributed by atoms with E-state index in [1.54, 1.807) is 6.20 Å². The largest absolute Gasteiger partial charge is 0.369 e. The Kier molecular flexibility index (Phi) is 3.27. The quantitative estimate of drug-likeness (QED) is 0.840. The molecule has 0 aliphatic carbocycles. The molecule has 92 valence electrons. The van der Waals surface area contributed by atoms with E-state index in [9.17, 15) is 4.79 Å². The van der Waals surface area contributed by atoms with Crippen LogP contribution in [0.25, 0.3) is 0 Å². The molecule has 17 heavy (non-hydrogen) atoms. The summed E-state index contributed by atoms with van der Waals surface area (Å²) in [6.07, 6.45) is 2.32. The summed E-state index contributed by atoms with van der Waals surface area (Å²) in [5.74, 6) is 0.422. The Morgan fingerprint density at radius 3 is 3.00 bits per heavy atom. The zero-order chi connectivity index (χ0) is 12.6. The van der Waals surface area contributed by atoms with Crippen LogP contribution in [0.1, 0.15) is 13.3 Å². The van der Waals surface area contributed by atoms with E-state index < -0.39 is 5.41 Å². The maximum atomic E-state index is 11.4. The van der Waals surface area contributed by atoms with Crippen molar-refractivity contribution < 1.29 is 4.79 Å². The molecule has 0 spiro atoms. The van der Waals surface area contributed by atoms with E-state index in [4.69, 9.17) is 17.3 Å². The molecule has 1 aromatic heterocycles. The topological polar surface area (TPSA) is 72.1 Å². The third-order valence-electron chi connectivity index (χ3n) is 3.06. The van der Waals surface area contributed by atoms with E-state index in [1.807, 2.05) is 11.8 Å². The molecule has 1 saturated heterocycles. The predicted octanol–water partition coefficient (Wildman–Crippen LogP) is 1.59. The Morgan fingerprint density at radius 1 is 1.71 bits per heavy atom. The first-order chi connectivity index (χ1) is 7.92. The van der Waals surface area contributed by atoms with Gasteiger partial charge in [0.05, 0.1) is 9.89 Å². The average Bonchev–Trinajstić information content (AvgIpc) is 2.66. The average molecular weight is 320 g/mol. The Bertz CT molecular complexity index is 470. The second-order valence-corrected chi connectivity index (χ2v) is 5.60. The van der Waals surface area contributed by atoms with Crippen LogP contribution in [0.3, 0.4) is 0 Å². The first-order valence-electron chi connectivity index (χ1n) is 5.15. The van der Waals surface area contributed by atoms with Gasteiger partial charge in [-0.05, 0) is 40.9 Å². The molecule has 1 fully saturated rings. The van der Waals surface area contributed by atoms with Crippen LogP contribution in [0.4, 0.5) is 5.82 Å². The minimum absolute atomic E-state index is 0.191. The van der Waals surface area contributed by atoms with E-state index in [2.05, 4.69) is 25.9 Å². The zero-order valence-corrected chi connectivity index (χ0v) is 11.6. The lowest BCUT2D eigenvalue weighted by atomic mass is 9.89. The number of hydrogen-bond acceptors (Lipinski definition) is 4. The molecule has 0 bridgehead atoms. The van der Waals surface area contributed by atoms with Crippen LogP contribution in [0.5, 0.6) is 0 Å². The van der Waals surface area contributed by atoms with Crippen LogP contribution >= 0.6 is 27.5 Å². The first-order valence-corrected chi connectivity index (χ1v) is 6.32. The van der Waals surface area contributed by atoms with Crippen molar-refractivity contribution in [3.05, 3.63) is 16.0 Å². The van der Waals surface area contributed by atoms with E-state index in [-0.39, 0.29) is 11.2 Å². The van der Waals surface area contributed by atoms with Crippen molar-refractivity contribution >= 4 is 39.3 Å². The van der Waals surface area contributed by atoms with Gasteiger partial charge in [0.1, 0.15) is 5.82 Å².